The van der Waals surface area contributed by atoms with Gasteiger partial charge in [-0.25, -0.2) is 0 Å². The van der Waals surface area contributed by atoms with E-state index in [1.807, 2.05) is 21.6 Å². The van der Waals surface area contributed by atoms with Crippen LogP contribution in [0.4, 0.5) is 0 Å². The monoisotopic (exact) mass is 770 g/mol. The van der Waals surface area contributed by atoms with Crippen molar-refractivity contribution in [1.82, 2.24) is 21.3 Å². The Bertz CT molecular complexity index is 1070. The van der Waals surface area contributed by atoms with E-state index in [2.05, 4.69) is 21.3 Å². The molecule has 0 radical (unpaired) electrons. The number of aliphatic hydroxyl groups excluding tert-OH is 2. The second-order valence-electron chi connectivity index (χ2n) is 12.3. The zero-order chi connectivity index (χ0) is 37.8. The van der Waals surface area contributed by atoms with Crippen molar-refractivity contribution in [2.45, 2.75) is 63.6 Å². The summed E-state index contributed by atoms with van der Waals surface area (Å²) in [5.74, 6) is 5.46. The molecule has 14 heteroatoms. The first-order valence-corrected chi connectivity index (χ1v) is 21.0. The lowest BCUT2D eigenvalue weighted by Gasteiger charge is -2.17. The molecule has 2 aromatic carbocycles. The van der Waals surface area contributed by atoms with Crippen LogP contribution in [0.3, 0.4) is 0 Å². The van der Waals surface area contributed by atoms with Gasteiger partial charge in [-0.1, -0.05) is 47.3 Å². The molecule has 6 N–H and O–H groups in total. The minimum absolute atomic E-state index is 0.473. The van der Waals surface area contributed by atoms with Crippen LogP contribution < -0.4 is 49.7 Å². The lowest BCUT2D eigenvalue weighted by molar-refractivity contribution is 0.173. The molecular formula is C38H66N4O8S2. The molecule has 0 saturated carbocycles. The highest BCUT2D eigenvalue weighted by atomic mass is 33.1. The first-order chi connectivity index (χ1) is 25.4. The van der Waals surface area contributed by atoms with E-state index < -0.39 is 12.2 Å². The van der Waals surface area contributed by atoms with Crippen molar-refractivity contribution in [3.63, 3.8) is 0 Å². The summed E-state index contributed by atoms with van der Waals surface area (Å²) in [5, 5.41) is 35.1. The van der Waals surface area contributed by atoms with Crippen molar-refractivity contribution in [1.29, 1.82) is 0 Å². The van der Waals surface area contributed by atoms with Crippen LogP contribution in [0.1, 0.15) is 74.7 Å². The van der Waals surface area contributed by atoms with Gasteiger partial charge in [-0.3, -0.25) is 0 Å². The van der Waals surface area contributed by atoms with E-state index in [0.29, 0.717) is 47.6 Å². The number of rotatable bonds is 33. The second kappa shape index (κ2) is 29.1. The standard InChI is InChI=1S/C38H66N4O8S2/c1-45-33-23-29(24-34(46-2)37(33)49-5)31(43)27-41-17-13-9-7-11-15-39-19-21-51-52-22-20-40-16-12-8-10-14-18-42-28-32(44)30-25-35(47-3)38(50-6)36(26-30)48-4/h23-26,31-32,39-44H,7-22,27-28H2,1-6H3. The van der Waals surface area contributed by atoms with Crippen LogP contribution in [0.5, 0.6) is 34.5 Å². The summed E-state index contributed by atoms with van der Waals surface area (Å²) >= 11 is 0. The molecule has 12 nitrogen and oxygen atoms in total. The number of nitrogens with one attached hydrogen (secondary N) is 4. The quantitative estimate of drug-likeness (QED) is 0.0409. The summed E-state index contributed by atoms with van der Waals surface area (Å²) in [7, 11) is 13.3. The van der Waals surface area contributed by atoms with E-state index in [1.54, 1.807) is 66.9 Å². The van der Waals surface area contributed by atoms with Crippen LogP contribution in [-0.2, 0) is 0 Å². The highest BCUT2D eigenvalue weighted by Crippen LogP contribution is 2.40. The van der Waals surface area contributed by atoms with Gasteiger partial charge in [0.05, 0.1) is 54.9 Å². The largest absolute Gasteiger partial charge is 0.493 e. The molecule has 0 heterocycles. The van der Waals surface area contributed by atoms with E-state index >= 15 is 0 Å². The maximum Gasteiger partial charge on any atom is 0.203 e. The molecule has 2 unspecified atom stereocenters. The molecule has 0 aliphatic carbocycles. The summed E-state index contributed by atoms with van der Waals surface area (Å²) < 4.78 is 32.3. The van der Waals surface area contributed by atoms with Crippen LogP contribution in [0, 0.1) is 0 Å². The molecule has 298 valence electrons. The molecule has 52 heavy (non-hydrogen) atoms. The molecule has 0 amide bonds. The Morgan fingerprint density at radius 3 is 1.04 bits per heavy atom. The van der Waals surface area contributed by atoms with E-state index in [9.17, 15) is 10.2 Å². The Hall–Kier alpha value is -2.30. The van der Waals surface area contributed by atoms with Crippen LogP contribution >= 0.6 is 21.6 Å². The van der Waals surface area contributed by atoms with E-state index in [1.165, 1.54) is 38.5 Å². The van der Waals surface area contributed by atoms with Crippen molar-refractivity contribution in [3.8, 4) is 34.5 Å². The predicted molar refractivity (Wildman–Crippen MR) is 215 cm³/mol. The maximum absolute atomic E-state index is 10.6. The number of unbranched alkanes of at least 4 members (excludes halogenated alkanes) is 6. The Kier molecular flexibility index (Phi) is 25.7. The van der Waals surface area contributed by atoms with Crippen LogP contribution in [-0.4, -0.2) is 117 Å². The molecule has 2 aromatic rings. The predicted octanol–water partition coefficient (Wildman–Crippen LogP) is 5.37. The molecule has 0 spiro atoms. The zero-order valence-electron chi connectivity index (χ0n) is 32.4. The van der Waals surface area contributed by atoms with Crippen LogP contribution in [0.25, 0.3) is 0 Å². The van der Waals surface area contributed by atoms with Gasteiger partial charge < -0.3 is 59.9 Å². The topological polar surface area (TPSA) is 144 Å². The van der Waals surface area contributed by atoms with Gasteiger partial charge in [-0.05, 0) is 87.3 Å². The first kappa shape index (κ1) is 45.9. The summed E-state index contributed by atoms with van der Waals surface area (Å²) in [5.41, 5.74) is 1.46. The fraction of sp³-hybridized carbons (Fsp3) is 0.684. The average Bonchev–Trinajstić information content (AvgIpc) is 3.17. The van der Waals surface area contributed by atoms with Gasteiger partial charge in [0.25, 0.3) is 0 Å². The molecule has 0 aliphatic rings. The lowest BCUT2D eigenvalue weighted by atomic mass is 10.1. The highest BCUT2D eigenvalue weighted by molar-refractivity contribution is 8.76. The normalized spacial score (nSPS) is 12.4. The SMILES string of the molecule is COc1cc(C(O)CNCCCCCCNCCSSCCNCCCCCCNCC(O)c2cc(OC)c(OC)c(OC)c2)cc(OC)c1OC. The van der Waals surface area contributed by atoms with Gasteiger partial charge in [0, 0.05) is 37.7 Å². The number of benzene rings is 2. The second-order valence-corrected chi connectivity index (χ2v) is 15.0. The number of hydrogen-bond donors (Lipinski definition) is 6. The first-order valence-electron chi connectivity index (χ1n) is 18.5. The minimum Gasteiger partial charge on any atom is -0.493 e. The number of hydrogen-bond acceptors (Lipinski definition) is 14. The number of aliphatic hydroxyl groups is 2. The van der Waals surface area contributed by atoms with Crippen molar-refractivity contribution < 1.29 is 38.6 Å². The third kappa shape index (κ3) is 17.7. The molecule has 0 aliphatic heterocycles. The van der Waals surface area contributed by atoms with Crippen molar-refractivity contribution in [3.05, 3.63) is 35.4 Å². The van der Waals surface area contributed by atoms with Crippen molar-refractivity contribution in [2.75, 3.05) is 107 Å². The summed E-state index contributed by atoms with van der Waals surface area (Å²) in [6.07, 6.45) is 8.00. The summed E-state index contributed by atoms with van der Waals surface area (Å²) in [6.45, 7) is 6.92. The summed E-state index contributed by atoms with van der Waals surface area (Å²) in [6, 6.07) is 7.16. The highest BCUT2D eigenvalue weighted by Gasteiger charge is 2.18. The fourth-order valence-electron chi connectivity index (χ4n) is 5.60. The Morgan fingerprint density at radius 2 is 0.750 bits per heavy atom. The number of ether oxygens (including phenoxy) is 6. The van der Waals surface area contributed by atoms with Gasteiger partial charge in [-0.15, -0.1) is 0 Å². The average molecular weight is 771 g/mol. The van der Waals surface area contributed by atoms with E-state index in [0.717, 1.165) is 74.7 Å². The molecule has 0 fully saturated rings. The van der Waals surface area contributed by atoms with Gasteiger partial charge in [-0.2, -0.15) is 0 Å². The van der Waals surface area contributed by atoms with Crippen molar-refractivity contribution in [2.24, 2.45) is 0 Å². The van der Waals surface area contributed by atoms with Crippen LogP contribution in [0.2, 0.25) is 0 Å². The van der Waals surface area contributed by atoms with E-state index in [-0.39, 0.29) is 0 Å². The molecule has 0 aromatic heterocycles. The van der Waals surface area contributed by atoms with Gasteiger partial charge in [0.15, 0.2) is 23.0 Å². The zero-order valence-corrected chi connectivity index (χ0v) is 34.0. The smallest absolute Gasteiger partial charge is 0.203 e. The Balaban J connectivity index is 1.33. The van der Waals surface area contributed by atoms with Crippen molar-refractivity contribution >= 4 is 21.6 Å². The van der Waals surface area contributed by atoms with Gasteiger partial charge in [0.2, 0.25) is 11.5 Å². The lowest BCUT2D eigenvalue weighted by Crippen LogP contribution is -2.23. The fourth-order valence-corrected chi connectivity index (χ4v) is 7.50. The Morgan fingerprint density at radius 1 is 0.442 bits per heavy atom. The maximum atomic E-state index is 10.6. The minimum atomic E-state index is -0.654. The van der Waals surface area contributed by atoms with Gasteiger partial charge in [0.1, 0.15) is 0 Å². The molecule has 0 bridgehead atoms. The Labute approximate surface area is 320 Å². The molecule has 0 saturated heterocycles. The van der Waals surface area contributed by atoms with Crippen LogP contribution in [0.15, 0.2) is 24.3 Å². The molecule has 2 rings (SSSR count). The molecule has 2 atom stereocenters. The van der Waals surface area contributed by atoms with E-state index in [4.69, 9.17) is 28.4 Å². The summed E-state index contributed by atoms with van der Waals surface area (Å²) in [4.78, 5) is 0. The van der Waals surface area contributed by atoms with Gasteiger partial charge >= 0.3 is 0 Å². The molecular weight excluding hydrogens is 705 g/mol. The third-order valence-electron chi connectivity index (χ3n) is 8.54. The number of methoxy groups -OCH3 is 6. The third-order valence-corrected chi connectivity index (χ3v) is 10.9.